The van der Waals surface area contributed by atoms with Gasteiger partial charge in [0.25, 0.3) is 5.91 Å². The van der Waals surface area contributed by atoms with Gasteiger partial charge in [0.05, 0.1) is 12.1 Å². The number of amides is 3. The quantitative estimate of drug-likeness (QED) is 0.619. The lowest BCUT2D eigenvalue weighted by atomic mass is 9.95. The molecule has 1 atom stereocenters. The van der Waals surface area contributed by atoms with Gasteiger partial charge < -0.3 is 5.32 Å². The summed E-state index contributed by atoms with van der Waals surface area (Å²) in [5.41, 5.74) is 2.92. The Balaban J connectivity index is 1.91. The molecule has 2 heterocycles. The second-order valence-corrected chi connectivity index (χ2v) is 7.63. The van der Waals surface area contributed by atoms with Crippen LogP contribution in [0.25, 0.3) is 10.9 Å². The van der Waals surface area contributed by atoms with E-state index in [1.807, 2.05) is 32.0 Å². The van der Waals surface area contributed by atoms with Crippen LogP contribution in [0.3, 0.4) is 0 Å². The molecule has 0 radical (unpaired) electrons. The molecule has 5 nitrogen and oxygen atoms in total. The maximum atomic E-state index is 12.8. The molecule has 0 bridgehead atoms. The normalized spacial score (nSPS) is 20.1. The molecule has 1 aromatic heterocycles. The molecule has 1 aliphatic rings. The van der Waals surface area contributed by atoms with Crippen molar-refractivity contribution in [3.8, 4) is 0 Å². The van der Waals surface area contributed by atoms with Crippen LogP contribution in [-0.4, -0.2) is 27.4 Å². The van der Waals surface area contributed by atoms with E-state index in [0.29, 0.717) is 17.1 Å². The fourth-order valence-corrected chi connectivity index (χ4v) is 3.57. The molecule has 6 heteroatoms. The summed E-state index contributed by atoms with van der Waals surface area (Å²) in [7, 11) is 0. The fourth-order valence-electron chi connectivity index (χ4n) is 3.38. The van der Waals surface area contributed by atoms with Crippen molar-refractivity contribution in [2.75, 3.05) is 0 Å². The van der Waals surface area contributed by atoms with Gasteiger partial charge in [-0.15, -0.1) is 0 Å². The Kier molecular flexibility index (Phi) is 4.93. The highest BCUT2D eigenvalue weighted by Crippen LogP contribution is 2.29. The Morgan fingerprint density at radius 1 is 1.27 bits per heavy atom. The van der Waals surface area contributed by atoms with Crippen molar-refractivity contribution in [2.45, 2.75) is 59.0 Å². The third-order valence-electron chi connectivity index (χ3n) is 5.24. The standard InChI is InChI=1S/C20H24ClN3O2/c1-5-6-9-20(4)18(25)24(19(26)23-20)11-15-10-14-8-7-12(2)13(3)16(14)22-17(15)21/h7-8,10H,5-6,9,11H2,1-4H3,(H,23,26)/t20-/m0/s1. The predicted octanol–water partition coefficient (Wildman–Crippen LogP) is 4.51. The van der Waals surface area contributed by atoms with Gasteiger partial charge in [0.2, 0.25) is 0 Å². The molecule has 0 unspecified atom stereocenters. The Morgan fingerprint density at radius 2 is 2.00 bits per heavy atom. The number of nitrogens with one attached hydrogen (secondary N) is 1. The van der Waals surface area contributed by atoms with Gasteiger partial charge in [-0.2, -0.15) is 0 Å². The third-order valence-corrected chi connectivity index (χ3v) is 5.57. The summed E-state index contributed by atoms with van der Waals surface area (Å²) in [6, 6.07) is 5.57. The number of unbranched alkanes of at least 4 members (excludes halogenated alkanes) is 1. The number of benzene rings is 1. The van der Waals surface area contributed by atoms with E-state index < -0.39 is 5.54 Å². The average Bonchev–Trinajstić information content (AvgIpc) is 2.81. The van der Waals surface area contributed by atoms with E-state index in [9.17, 15) is 9.59 Å². The number of nitrogens with zero attached hydrogens (tertiary/aromatic N) is 2. The number of aryl methyl sites for hydroxylation is 2. The van der Waals surface area contributed by atoms with E-state index in [-0.39, 0.29) is 18.5 Å². The molecule has 3 amide bonds. The highest BCUT2D eigenvalue weighted by atomic mass is 35.5. The number of halogens is 1. The Bertz CT molecular complexity index is 896. The summed E-state index contributed by atoms with van der Waals surface area (Å²) in [5, 5.41) is 4.11. The van der Waals surface area contributed by atoms with E-state index >= 15 is 0 Å². The number of hydrogen-bond acceptors (Lipinski definition) is 3. The summed E-state index contributed by atoms with van der Waals surface area (Å²) < 4.78 is 0. The zero-order valence-electron chi connectivity index (χ0n) is 15.6. The van der Waals surface area contributed by atoms with E-state index in [4.69, 9.17) is 11.6 Å². The minimum absolute atomic E-state index is 0.126. The molecular weight excluding hydrogens is 350 g/mol. The molecule has 2 aromatic rings. The van der Waals surface area contributed by atoms with Crippen molar-refractivity contribution in [1.29, 1.82) is 0 Å². The Labute approximate surface area is 158 Å². The van der Waals surface area contributed by atoms with Crippen LogP contribution < -0.4 is 5.32 Å². The first-order valence-electron chi connectivity index (χ1n) is 8.96. The zero-order valence-corrected chi connectivity index (χ0v) is 16.4. The minimum Gasteiger partial charge on any atom is -0.323 e. The number of imide groups is 1. The number of aromatic nitrogens is 1. The lowest BCUT2D eigenvalue weighted by Crippen LogP contribution is -2.43. The van der Waals surface area contributed by atoms with Gasteiger partial charge in [0.1, 0.15) is 10.7 Å². The van der Waals surface area contributed by atoms with E-state index in [2.05, 4.69) is 17.2 Å². The van der Waals surface area contributed by atoms with Crippen molar-refractivity contribution in [3.63, 3.8) is 0 Å². The SMILES string of the molecule is CCCC[C@]1(C)NC(=O)N(Cc2cc3ccc(C)c(C)c3nc2Cl)C1=O. The molecule has 138 valence electrons. The maximum absolute atomic E-state index is 12.8. The number of fused-ring (bicyclic) bond motifs is 1. The molecule has 0 saturated carbocycles. The molecule has 0 aliphatic carbocycles. The largest absolute Gasteiger partial charge is 0.325 e. The Morgan fingerprint density at radius 3 is 2.69 bits per heavy atom. The van der Waals surface area contributed by atoms with Crippen molar-refractivity contribution in [3.05, 3.63) is 40.0 Å². The summed E-state index contributed by atoms with van der Waals surface area (Å²) in [6.07, 6.45) is 2.48. The molecular formula is C20H24ClN3O2. The zero-order chi connectivity index (χ0) is 19.1. The molecule has 1 aromatic carbocycles. The van der Waals surface area contributed by atoms with Crippen molar-refractivity contribution in [1.82, 2.24) is 15.2 Å². The maximum Gasteiger partial charge on any atom is 0.325 e. The summed E-state index contributed by atoms with van der Waals surface area (Å²) in [5.74, 6) is -0.202. The first-order chi connectivity index (χ1) is 12.3. The highest BCUT2D eigenvalue weighted by molar-refractivity contribution is 6.30. The predicted molar refractivity (Wildman–Crippen MR) is 103 cm³/mol. The van der Waals surface area contributed by atoms with Crippen molar-refractivity contribution in [2.24, 2.45) is 0 Å². The van der Waals surface area contributed by atoms with Crippen LogP contribution in [-0.2, 0) is 11.3 Å². The highest BCUT2D eigenvalue weighted by Gasteiger charge is 2.47. The van der Waals surface area contributed by atoms with Gasteiger partial charge in [-0.05, 0) is 44.4 Å². The number of carbonyl (C=O) groups excluding carboxylic acids is 2. The number of pyridine rings is 1. The van der Waals surface area contributed by atoms with E-state index in [0.717, 1.165) is 34.9 Å². The van der Waals surface area contributed by atoms with E-state index in [1.54, 1.807) is 6.92 Å². The van der Waals surface area contributed by atoms with Gasteiger partial charge >= 0.3 is 6.03 Å². The number of carbonyl (C=O) groups is 2. The van der Waals surface area contributed by atoms with Crippen LogP contribution in [0.1, 0.15) is 49.8 Å². The second kappa shape index (κ2) is 6.88. The summed E-state index contributed by atoms with van der Waals surface area (Å²) in [6.45, 7) is 8.02. The molecule has 1 saturated heterocycles. The summed E-state index contributed by atoms with van der Waals surface area (Å²) >= 11 is 6.38. The van der Waals surface area contributed by atoms with Crippen molar-refractivity contribution >= 4 is 34.4 Å². The fraction of sp³-hybridized carbons (Fsp3) is 0.450. The van der Waals surface area contributed by atoms with Gasteiger partial charge in [0, 0.05) is 10.9 Å². The molecule has 1 fully saturated rings. The van der Waals surface area contributed by atoms with Gasteiger partial charge in [-0.25, -0.2) is 9.78 Å². The summed E-state index contributed by atoms with van der Waals surface area (Å²) in [4.78, 5) is 30.9. The Hall–Kier alpha value is -2.14. The number of urea groups is 1. The monoisotopic (exact) mass is 373 g/mol. The van der Waals surface area contributed by atoms with Crippen LogP contribution in [0.4, 0.5) is 4.79 Å². The van der Waals surface area contributed by atoms with Gasteiger partial charge in [-0.1, -0.05) is 43.5 Å². The lowest BCUT2D eigenvalue weighted by Gasteiger charge is -2.21. The second-order valence-electron chi connectivity index (χ2n) is 7.27. The average molecular weight is 374 g/mol. The molecule has 1 N–H and O–H groups in total. The van der Waals surface area contributed by atoms with Crippen LogP contribution in [0.2, 0.25) is 5.15 Å². The third kappa shape index (κ3) is 3.16. The lowest BCUT2D eigenvalue weighted by molar-refractivity contribution is -0.131. The molecule has 0 spiro atoms. The van der Waals surface area contributed by atoms with Crippen LogP contribution in [0.15, 0.2) is 18.2 Å². The first-order valence-corrected chi connectivity index (χ1v) is 9.34. The molecule has 1 aliphatic heterocycles. The van der Waals surface area contributed by atoms with Gasteiger partial charge in [-0.3, -0.25) is 9.69 Å². The van der Waals surface area contributed by atoms with Crippen LogP contribution in [0.5, 0.6) is 0 Å². The first kappa shape index (κ1) is 18.6. The van der Waals surface area contributed by atoms with Crippen LogP contribution >= 0.6 is 11.6 Å². The van der Waals surface area contributed by atoms with Crippen molar-refractivity contribution < 1.29 is 9.59 Å². The number of hydrogen-bond donors (Lipinski definition) is 1. The molecule has 3 rings (SSSR count). The number of rotatable bonds is 5. The van der Waals surface area contributed by atoms with E-state index in [1.165, 1.54) is 4.90 Å². The van der Waals surface area contributed by atoms with Crippen LogP contribution in [0, 0.1) is 13.8 Å². The molecule has 26 heavy (non-hydrogen) atoms. The minimum atomic E-state index is -0.836. The smallest absolute Gasteiger partial charge is 0.323 e. The topological polar surface area (TPSA) is 62.3 Å². The van der Waals surface area contributed by atoms with Gasteiger partial charge in [0.15, 0.2) is 0 Å².